The molecule has 0 nitrogen and oxygen atoms in total. The van der Waals surface area contributed by atoms with Crippen molar-refractivity contribution >= 4 is 42.6 Å². The maximum atomic E-state index is 15.6. The Hall–Kier alpha value is -3.40. The Morgan fingerprint density at radius 3 is 0.391 bits per heavy atom. The molecule has 0 bridgehead atoms. The molecule has 0 saturated heterocycles. The van der Waals surface area contributed by atoms with Gasteiger partial charge in [-0.25, -0.2) is 0 Å². The van der Waals surface area contributed by atoms with Crippen molar-refractivity contribution in [3.8, 4) is 0 Å². The zero-order chi connectivity index (χ0) is 35.3. The normalized spacial score (nSPS) is 12.9. The van der Waals surface area contributed by atoms with Gasteiger partial charge in [-0.3, -0.25) is 0 Å². The molecule has 0 aliphatic rings. The summed E-state index contributed by atoms with van der Waals surface area (Å²) >= 11 is -0.0848. The van der Waals surface area contributed by atoms with Crippen LogP contribution in [0.3, 0.4) is 0 Å². The Morgan fingerprint density at radius 1 is 0.196 bits per heavy atom. The van der Waals surface area contributed by atoms with E-state index in [1.54, 1.807) is 0 Å². The SMILES string of the molecule is Fc1c(F)c(F)c([As]([As])(c2c(F)c(F)c(F)c(F)c2F)(c2c(F)c(F)c(F)c(F)c2F)c2c(F)c(F)c(F)c(F)c2F)c(F)c1F. The van der Waals surface area contributed by atoms with Gasteiger partial charge in [0, 0.05) is 0 Å². The molecule has 4 aromatic carbocycles. The second kappa shape index (κ2) is 11.1. The van der Waals surface area contributed by atoms with Gasteiger partial charge in [-0.2, -0.15) is 0 Å². The van der Waals surface area contributed by atoms with Gasteiger partial charge in [0.25, 0.3) is 0 Å². The molecule has 0 unspecified atom stereocenters. The van der Waals surface area contributed by atoms with Gasteiger partial charge in [-0.1, -0.05) is 0 Å². The first-order chi connectivity index (χ1) is 21.0. The van der Waals surface area contributed by atoms with Crippen LogP contribution >= 0.6 is 0 Å². The van der Waals surface area contributed by atoms with Crippen LogP contribution in [-0.4, -0.2) is 25.2 Å². The Morgan fingerprint density at radius 2 is 0.283 bits per heavy atom. The van der Waals surface area contributed by atoms with Crippen molar-refractivity contribution in [1.82, 2.24) is 0 Å². The number of hydrogen-bond acceptors (Lipinski definition) is 0. The third kappa shape index (κ3) is 4.10. The van der Waals surface area contributed by atoms with Gasteiger partial charge < -0.3 is 0 Å². The van der Waals surface area contributed by atoms with Crippen LogP contribution in [0.4, 0.5) is 87.8 Å². The van der Waals surface area contributed by atoms with E-state index < -0.39 is 144 Å². The Labute approximate surface area is 246 Å². The van der Waals surface area contributed by atoms with Gasteiger partial charge >= 0.3 is 247 Å². The fourth-order valence-electron chi connectivity index (χ4n) is 4.57. The van der Waals surface area contributed by atoms with Crippen LogP contribution in [0.1, 0.15) is 0 Å². The zero-order valence-corrected chi connectivity index (χ0v) is 24.2. The molecule has 0 N–H and O–H groups in total. The van der Waals surface area contributed by atoms with E-state index >= 15 is 35.1 Å². The summed E-state index contributed by atoms with van der Waals surface area (Å²) in [7, 11) is -10.1. The summed E-state index contributed by atoms with van der Waals surface area (Å²) in [6.45, 7) is 0. The van der Waals surface area contributed by atoms with E-state index in [4.69, 9.17) is 0 Å². The van der Waals surface area contributed by atoms with Gasteiger partial charge in [-0.15, -0.1) is 0 Å². The molecule has 2 radical (unpaired) electrons. The standard InChI is InChI=1S/C24As2F20/c25-26(1-5(27)13(35)21(43)14(36)6(1)28,2-7(29)15(37)22(44)16(38)8(2)30,3-9(31)17(39)23(45)18(40)10(3)32)4-11(33)19(41)24(46)20(42)12(4)34. The molecule has 0 atom stereocenters. The van der Waals surface area contributed by atoms with Crippen molar-refractivity contribution in [3.63, 3.8) is 0 Å². The minimum absolute atomic E-state index is 0.0848. The predicted molar refractivity (Wildman–Crippen MR) is 115 cm³/mol. The molecule has 22 heteroatoms. The third-order valence-electron chi connectivity index (χ3n) is 6.49. The Balaban J connectivity index is 2.78. The summed E-state index contributed by atoms with van der Waals surface area (Å²) in [5, 5.41) is 0. The summed E-state index contributed by atoms with van der Waals surface area (Å²) in [6.07, 6.45) is 0. The fraction of sp³-hybridized carbons (Fsp3) is 0. The van der Waals surface area contributed by atoms with Gasteiger partial charge in [-0.05, 0) is 0 Å². The van der Waals surface area contributed by atoms with E-state index in [0.717, 1.165) is 0 Å². The average Bonchev–Trinajstić information content (AvgIpc) is 3.00. The van der Waals surface area contributed by atoms with Crippen LogP contribution in [-0.2, 0) is 0 Å². The Bertz CT molecular complexity index is 1630. The minimum atomic E-state index is -10.1. The van der Waals surface area contributed by atoms with E-state index in [1.807, 2.05) is 0 Å². The van der Waals surface area contributed by atoms with Crippen molar-refractivity contribution in [2.75, 3.05) is 0 Å². The number of halogens is 20. The monoisotopic (exact) mass is 818 g/mol. The number of hydrogen-bond donors (Lipinski definition) is 0. The van der Waals surface area contributed by atoms with E-state index in [-0.39, 0.29) is 14.8 Å². The second-order valence-electron chi connectivity index (χ2n) is 8.74. The van der Waals surface area contributed by atoms with Gasteiger partial charge in [0.05, 0.1) is 0 Å². The molecule has 0 heterocycles. The van der Waals surface area contributed by atoms with Crippen LogP contribution in [0.25, 0.3) is 0 Å². The molecule has 0 aromatic heterocycles. The molecular weight excluding hydrogens is 818 g/mol. The molecular formula is C24As2F20. The molecule has 0 aliphatic heterocycles. The molecule has 0 fully saturated rings. The third-order valence-corrected chi connectivity index (χ3v) is 25.8. The molecule has 246 valence electrons. The summed E-state index contributed by atoms with van der Waals surface area (Å²) < 4.78 is 284. The van der Waals surface area contributed by atoms with E-state index in [2.05, 4.69) is 0 Å². The van der Waals surface area contributed by atoms with Crippen LogP contribution in [0, 0.1) is 116 Å². The van der Waals surface area contributed by atoms with Crippen LogP contribution < -0.4 is 17.4 Å². The van der Waals surface area contributed by atoms with E-state index in [1.165, 1.54) is 0 Å². The molecule has 0 aliphatic carbocycles. The summed E-state index contributed by atoms with van der Waals surface area (Å²) in [5.74, 6) is -71.1. The molecule has 4 rings (SSSR count). The zero-order valence-electron chi connectivity index (χ0n) is 20.5. The van der Waals surface area contributed by atoms with Gasteiger partial charge in [0.2, 0.25) is 0 Å². The number of benzene rings is 4. The first-order valence-electron chi connectivity index (χ1n) is 10.9. The summed E-state index contributed by atoms with van der Waals surface area (Å²) in [6, 6.07) is 0. The molecule has 0 spiro atoms. The fourth-order valence-corrected chi connectivity index (χ4v) is 23.1. The van der Waals surface area contributed by atoms with Gasteiger partial charge in [0.15, 0.2) is 0 Å². The Kier molecular flexibility index (Phi) is 8.55. The van der Waals surface area contributed by atoms with Gasteiger partial charge in [0.1, 0.15) is 0 Å². The topological polar surface area (TPSA) is 0 Å². The van der Waals surface area contributed by atoms with E-state index in [9.17, 15) is 52.7 Å². The first-order valence-corrected chi connectivity index (χ1v) is 19.8. The molecule has 4 aromatic rings. The maximum absolute atomic E-state index is 15.6. The molecule has 0 saturated carbocycles. The summed E-state index contributed by atoms with van der Waals surface area (Å²) in [5.41, 5.74) is 0. The van der Waals surface area contributed by atoms with Crippen molar-refractivity contribution in [1.29, 1.82) is 0 Å². The van der Waals surface area contributed by atoms with E-state index in [0.29, 0.717) is 0 Å². The molecule has 0 amide bonds. The second-order valence-corrected chi connectivity index (χ2v) is 25.7. The first kappa shape index (κ1) is 35.5. The van der Waals surface area contributed by atoms with Crippen LogP contribution in [0.15, 0.2) is 0 Å². The quantitative estimate of drug-likeness (QED) is 0.111. The van der Waals surface area contributed by atoms with Crippen molar-refractivity contribution in [2.45, 2.75) is 0 Å². The summed E-state index contributed by atoms with van der Waals surface area (Å²) in [4.78, 5) is 0. The van der Waals surface area contributed by atoms with Crippen LogP contribution in [0.2, 0.25) is 0 Å². The van der Waals surface area contributed by atoms with Crippen molar-refractivity contribution in [3.05, 3.63) is 116 Å². The molecule has 46 heavy (non-hydrogen) atoms. The predicted octanol–water partition coefficient (Wildman–Crippen LogP) is 5.47. The van der Waals surface area contributed by atoms with Crippen LogP contribution in [0.5, 0.6) is 0 Å². The number of rotatable bonds is 4. The average molecular weight is 818 g/mol. The van der Waals surface area contributed by atoms with Crippen molar-refractivity contribution < 1.29 is 87.8 Å². The van der Waals surface area contributed by atoms with Crippen molar-refractivity contribution in [2.24, 2.45) is 0 Å².